The number of nitrogens with zero attached hydrogens (tertiary/aromatic N) is 3. The molecule has 2 bridgehead atoms. The van der Waals surface area contributed by atoms with Gasteiger partial charge in [0.15, 0.2) is 5.69 Å². The van der Waals surface area contributed by atoms with Gasteiger partial charge < -0.3 is 26.0 Å². The van der Waals surface area contributed by atoms with Crippen molar-refractivity contribution in [1.29, 1.82) is 0 Å². The van der Waals surface area contributed by atoms with E-state index in [-0.39, 0.29) is 11.9 Å². The zero-order chi connectivity index (χ0) is 25.2. The summed E-state index contributed by atoms with van der Waals surface area (Å²) in [5.74, 6) is 0.264. The number of rotatable bonds is 4. The van der Waals surface area contributed by atoms with Gasteiger partial charge in [-0.3, -0.25) is 9.48 Å². The monoisotopic (exact) mass is 488 g/mol. The number of aromatic amines is 1. The van der Waals surface area contributed by atoms with Crippen molar-refractivity contribution in [3.63, 3.8) is 0 Å². The predicted octanol–water partition coefficient (Wildman–Crippen LogP) is 3.69. The molecule has 2 aromatic heterocycles. The van der Waals surface area contributed by atoms with E-state index in [1.54, 1.807) is 16.8 Å². The first-order valence-corrected chi connectivity index (χ1v) is 12.9. The van der Waals surface area contributed by atoms with Crippen LogP contribution in [0.5, 0.6) is 5.75 Å². The van der Waals surface area contributed by atoms with Gasteiger partial charge in [-0.25, -0.2) is 0 Å². The molecular weight excluding hydrogens is 452 g/mol. The first kappa shape index (κ1) is 24.3. The highest BCUT2D eigenvalue weighted by Gasteiger charge is 2.36. The molecule has 5 N–H and O–H groups in total. The van der Waals surface area contributed by atoms with E-state index in [4.69, 9.17) is 5.73 Å². The van der Waals surface area contributed by atoms with Crippen LogP contribution in [-0.4, -0.2) is 62.4 Å². The summed E-state index contributed by atoms with van der Waals surface area (Å²) < 4.78 is 1.79. The van der Waals surface area contributed by atoms with E-state index in [1.165, 1.54) is 19.3 Å². The number of piperidine rings is 2. The van der Waals surface area contributed by atoms with Crippen LogP contribution in [0.4, 0.5) is 0 Å². The van der Waals surface area contributed by atoms with Crippen LogP contribution in [0.3, 0.4) is 0 Å². The minimum atomic E-state index is -0.0329. The van der Waals surface area contributed by atoms with E-state index >= 15 is 0 Å². The van der Waals surface area contributed by atoms with Gasteiger partial charge in [0.1, 0.15) is 5.75 Å². The van der Waals surface area contributed by atoms with Crippen LogP contribution in [0.2, 0.25) is 0 Å². The lowest BCUT2D eigenvalue weighted by atomic mass is 9.82. The Bertz CT molecular complexity index is 1340. The molecule has 1 amide bonds. The summed E-state index contributed by atoms with van der Waals surface area (Å²) in [6.07, 6.45) is 8.73. The second-order valence-corrected chi connectivity index (χ2v) is 10.1. The Balaban J connectivity index is 0.000000174. The lowest BCUT2D eigenvalue weighted by molar-refractivity contribution is 0.0462. The van der Waals surface area contributed by atoms with Crippen LogP contribution in [0, 0.1) is 0 Å². The van der Waals surface area contributed by atoms with Gasteiger partial charge in [0.05, 0.1) is 5.52 Å². The third-order valence-corrected chi connectivity index (χ3v) is 7.81. The standard InChI is InChI=1S/C18H24N4O.C10H12N2O/c1-21-13-6-5-7-14(21)11-12(10-13)19-18(23)17-15-8-3-4-9-16(15)22(2)20-17;11-4-3-7-6-12-10-2-1-8(13)5-9(7)10/h3-4,8-9,12-14H,5-7,10-11H2,1-2H3,(H,19,23);1-2,5-6,12-13H,3-4,11H2/t12-,13+,14-;. The molecule has 0 saturated carbocycles. The number of carbonyl (C=O) groups excluding carboxylic acids is 1. The zero-order valence-corrected chi connectivity index (χ0v) is 21.1. The maximum atomic E-state index is 12.7. The molecule has 4 heterocycles. The summed E-state index contributed by atoms with van der Waals surface area (Å²) in [5, 5.41) is 19.0. The Morgan fingerprint density at radius 3 is 2.64 bits per heavy atom. The summed E-state index contributed by atoms with van der Waals surface area (Å²) >= 11 is 0. The second-order valence-electron chi connectivity index (χ2n) is 10.1. The number of aromatic nitrogens is 3. The Kier molecular flexibility index (Phi) is 6.98. The molecule has 0 radical (unpaired) electrons. The largest absolute Gasteiger partial charge is 0.508 e. The van der Waals surface area contributed by atoms with Crippen molar-refractivity contribution in [3.8, 4) is 5.75 Å². The van der Waals surface area contributed by atoms with Crippen LogP contribution in [0.1, 0.15) is 48.2 Å². The average Bonchev–Trinajstić information content (AvgIpc) is 3.41. The third-order valence-electron chi connectivity index (χ3n) is 7.81. The molecule has 0 unspecified atom stereocenters. The number of amides is 1. The number of benzene rings is 2. The number of phenolic OH excluding ortho intramolecular Hbond substituents is 1. The number of nitrogens with one attached hydrogen (secondary N) is 2. The van der Waals surface area contributed by atoms with E-state index in [1.807, 2.05) is 43.6 Å². The maximum absolute atomic E-state index is 12.7. The second kappa shape index (κ2) is 10.3. The first-order valence-electron chi connectivity index (χ1n) is 12.9. The number of hydrogen-bond acceptors (Lipinski definition) is 5. The summed E-state index contributed by atoms with van der Waals surface area (Å²) in [7, 11) is 4.12. The lowest BCUT2D eigenvalue weighted by Gasteiger charge is -2.47. The number of hydrogen-bond donors (Lipinski definition) is 4. The fourth-order valence-corrected chi connectivity index (χ4v) is 5.90. The van der Waals surface area contributed by atoms with E-state index in [0.29, 0.717) is 30.1 Å². The molecule has 8 heteroatoms. The van der Waals surface area contributed by atoms with Crippen molar-refractivity contribution in [2.45, 2.75) is 56.7 Å². The first-order chi connectivity index (χ1) is 17.4. The van der Waals surface area contributed by atoms with Gasteiger partial charge in [0, 0.05) is 47.7 Å². The molecule has 0 aliphatic carbocycles. The lowest BCUT2D eigenvalue weighted by Crippen LogP contribution is -2.55. The summed E-state index contributed by atoms with van der Waals surface area (Å²) in [6, 6.07) is 14.7. The quantitative estimate of drug-likeness (QED) is 0.350. The summed E-state index contributed by atoms with van der Waals surface area (Å²) in [5.41, 5.74) is 9.22. The molecule has 2 aromatic carbocycles. The Morgan fingerprint density at radius 1 is 1.14 bits per heavy atom. The van der Waals surface area contributed by atoms with Gasteiger partial charge >= 0.3 is 0 Å². The van der Waals surface area contributed by atoms with Crippen molar-refractivity contribution < 1.29 is 9.90 Å². The molecule has 6 rings (SSSR count). The van der Waals surface area contributed by atoms with E-state index in [0.717, 1.165) is 46.6 Å². The van der Waals surface area contributed by atoms with Gasteiger partial charge in [-0.05, 0) is 75.5 Å². The van der Waals surface area contributed by atoms with Crippen LogP contribution in [-0.2, 0) is 13.5 Å². The van der Waals surface area contributed by atoms with Gasteiger partial charge in [-0.15, -0.1) is 0 Å². The van der Waals surface area contributed by atoms with Gasteiger partial charge in [-0.1, -0.05) is 24.6 Å². The number of carbonyl (C=O) groups is 1. The van der Waals surface area contributed by atoms with Crippen molar-refractivity contribution in [3.05, 3.63) is 59.9 Å². The van der Waals surface area contributed by atoms with Gasteiger partial charge in [0.25, 0.3) is 5.91 Å². The normalized spacial score (nSPS) is 21.8. The Hall–Kier alpha value is -3.36. The molecule has 190 valence electrons. The molecule has 4 aromatic rings. The average molecular weight is 489 g/mol. The van der Waals surface area contributed by atoms with Crippen molar-refractivity contribution >= 4 is 27.7 Å². The number of aryl methyl sites for hydroxylation is 1. The SMILES string of the molecule is CN1[C@@H]2CCC[C@H]1C[C@@H](NC(=O)c1nn(C)c3ccccc13)C2.NCCc1c[nH]c2ccc(O)cc12. The number of fused-ring (bicyclic) bond motifs is 4. The van der Waals surface area contributed by atoms with Crippen molar-refractivity contribution in [1.82, 2.24) is 25.0 Å². The molecule has 0 spiro atoms. The molecular formula is C28H36N6O2. The fourth-order valence-electron chi connectivity index (χ4n) is 5.90. The number of para-hydroxylation sites is 1. The third kappa shape index (κ3) is 4.83. The molecule has 2 aliphatic heterocycles. The number of aromatic hydroxyl groups is 1. The minimum Gasteiger partial charge on any atom is -0.508 e. The van der Waals surface area contributed by atoms with Gasteiger partial charge in [-0.2, -0.15) is 5.10 Å². The number of phenols is 1. The summed E-state index contributed by atoms with van der Waals surface area (Å²) in [4.78, 5) is 18.4. The van der Waals surface area contributed by atoms with Crippen molar-refractivity contribution in [2.75, 3.05) is 13.6 Å². The fraction of sp³-hybridized carbons (Fsp3) is 0.429. The van der Waals surface area contributed by atoms with Gasteiger partial charge in [0.2, 0.25) is 0 Å². The molecule has 2 aliphatic rings. The van der Waals surface area contributed by atoms with Crippen LogP contribution in [0.25, 0.3) is 21.8 Å². The Morgan fingerprint density at radius 2 is 1.89 bits per heavy atom. The minimum absolute atomic E-state index is 0.0329. The highest BCUT2D eigenvalue weighted by Crippen LogP contribution is 2.33. The van der Waals surface area contributed by atoms with E-state index in [2.05, 4.69) is 27.3 Å². The highest BCUT2D eigenvalue weighted by molar-refractivity contribution is 6.04. The number of nitrogens with two attached hydrogens (primary N) is 1. The molecule has 2 fully saturated rings. The molecule has 36 heavy (non-hydrogen) atoms. The van der Waals surface area contributed by atoms with Crippen LogP contribution < -0.4 is 11.1 Å². The highest BCUT2D eigenvalue weighted by atomic mass is 16.3. The molecule has 8 nitrogen and oxygen atoms in total. The Labute approximate surface area is 211 Å². The molecule has 2 saturated heterocycles. The van der Waals surface area contributed by atoms with Crippen LogP contribution >= 0.6 is 0 Å². The molecule has 3 atom stereocenters. The smallest absolute Gasteiger partial charge is 0.272 e. The van der Waals surface area contributed by atoms with Crippen LogP contribution in [0.15, 0.2) is 48.7 Å². The summed E-state index contributed by atoms with van der Waals surface area (Å²) in [6.45, 7) is 0.628. The van der Waals surface area contributed by atoms with Crippen molar-refractivity contribution in [2.24, 2.45) is 12.8 Å². The predicted molar refractivity (Wildman–Crippen MR) is 143 cm³/mol. The van der Waals surface area contributed by atoms with E-state index in [9.17, 15) is 9.90 Å². The number of H-pyrrole nitrogens is 1. The zero-order valence-electron chi connectivity index (χ0n) is 21.1. The van der Waals surface area contributed by atoms with E-state index < -0.39 is 0 Å². The maximum Gasteiger partial charge on any atom is 0.272 e. The topological polar surface area (TPSA) is 112 Å².